The summed E-state index contributed by atoms with van der Waals surface area (Å²) in [6, 6.07) is 0. The van der Waals surface area contributed by atoms with Crippen molar-refractivity contribution in [3.63, 3.8) is 0 Å². The highest BCUT2D eigenvalue weighted by molar-refractivity contribution is 5.81. The zero-order valence-corrected chi connectivity index (χ0v) is 11.5. The Labute approximate surface area is 111 Å². The lowest BCUT2D eigenvalue weighted by Crippen LogP contribution is -2.33. The van der Waals surface area contributed by atoms with Crippen LogP contribution in [0.2, 0.25) is 0 Å². The first-order valence-electron chi connectivity index (χ1n) is 7.71. The number of ether oxygens (including phenoxy) is 1. The topological polar surface area (TPSA) is 38.3 Å². The molecule has 2 fully saturated rings. The molecule has 0 bridgehead atoms. The van der Waals surface area contributed by atoms with Gasteiger partial charge in [0.25, 0.3) is 0 Å². The van der Waals surface area contributed by atoms with Crippen LogP contribution in [0.25, 0.3) is 0 Å². The van der Waals surface area contributed by atoms with Crippen LogP contribution < -0.4 is 5.32 Å². The number of carbonyl (C=O) groups is 1. The summed E-state index contributed by atoms with van der Waals surface area (Å²) in [6.45, 7) is 2.75. The Morgan fingerprint density at radius 2 is 1.67 bits per heavy atom. The lowest BCUT2D eigenvalue weighted by molar-refractivity contribution is -0.124. The van der Waals surface area contributed by atoms with Crippen molar-refractivity contribution < 1.29 is 9.53 Å². The Morgan fingerprint density at radius 1 is 1.00 bits per heavy atom. The van der Waals surface area contributed by atoms with Crippen LogP contribution in [0.15, 0.2) is 0 Å². The molecule has 1 saturated heterocycles. The van der Waals surface area contributed by atoms with Crippen LogP contribution in [0.5, 0.6) is 0 Å². The van der Waals surface area contributed by atoms with Gasteiger partial charge in [0, 0.05) is 12.3 Å². The normalized spacial score (nSPS) is 23.8. The van der Waals surface area contributed by atoms with Gasteiger partial charge in [-0.05, 0) is 38.8 Å². The van der Waals surface area contributed by atoms with Crippen LogP contribution in [-0.2, 0) is 9.53 Å². The molecule has 18 heavy (non-hydrogen) atoms. The van der Waals surface area contributed by atoms with Crippen LogP contribution >= 0.6 is 0 Å². The molecule has 3 nitrogen and oxygen atoms in total. The third kappa shape index (κ3) is 4.69. The number of carbonyl (C=O) groups excluding carboxylic acids is 1. The maximum absolute atomic E-state index is 12.1. The Balaban J connectivity index is 1.61. The van der Waals surface area contributed by atoms with E-state index in [0.29, 0.717) is 30.8 Å². The minimum Gasteiger partial charge on any atom is -0.378 e. The second-order valence-corrected chi connectivity index (χ2v) is 5.72. The fourth-order valence-corrected chi connectivity index (χ4v) is 3.09. The number of ketones is 1. The van der Waals surface area contributed by atoms with Gasteiger partial charge in [0.2, 0.25) is 0 Å². The Hall–Kier alpha value is -0.410. The second-order valence-electron chi connectivity index (χ2n) is 5.72. The van der Waals surface area contributed by atoms with Crippen molar-refractivity contribution in [3.05, 3.63) is 0 Å². The molecule has 0 unspecified atom stereocenters. The molecule has 0 amide bonds. The van der Waals surface area contributed by atoms with Crippen LogP contribution in [0.3, 0.4) is 0 Å². The molecule has 0 spiro atoms. The smallest absolute Gasteiger partial charge is 0.138 e. The molecule has 0 radical (unpaired) electrons. The van der Waals surface area contributed by atoms with Crippen LogP contribution in [0, 0.1) is 5.92 Å². The second kappa shape index (κ2) is 7.90. The van der Waals surface area contributed by atoms with E-state index in [1.165, 1.54) is 25.7 Å². The van der Waals surface area contributed by atoms with Gasteiger partial charge in [-0.15, -0.1) is 0 Å². The zero-order valence-electron chi connectivity index (χ0n) is 11.5. The highest BCUT2D eigenvalue weighted by atomic mass is 16.5. The molecular formula is C15H27NO2. The number of hydrogen-bond acceptors (Lipinski definition) is 3. The van der Waals surface area contributed by atoms with Gasteiger partial charge >= 0.3 is 0 Å². The van der Waals surface area contributed by atoms with Gasteiger partial charge in [-0.25, -0.2) is 0 Å². The number of piperidine rings is 1. The van der Waals surface area contributed by atoms with Crippen LogP contribution in [0.1, 0.15) is 57.8 Å². The van der Waals surface area contributed by atoms with Gasteiger partial charge in [-0.1, -0.05) is 25.7 Å². The summed E-state index contributed by atoms with van der Waals surface area (Å²) in [5.74, 6) is 0.787. The minimum absolute atomic E-state index is 0.337. The average Bonchev–Trinajstić information content (AvgIpc) is 2.69. The van der Waals surface area contributed by atoms with Crippen molar-refractivity contribution in [3.8, 4) is 0 Å². The van der Waals surface area contributed by atoms with Crippen LogP contribution in [0.4, 0.5) is 0 Å². The van der Waals surface area contributed by atoms with Gasteiger partial charge in [-0.2, -0.15) is 0 Å². The first-order valence-corrected chi connectivity index (χ1v) is 7.71. The Bertz CT molecular complexity index is 241. The summed E-state index contributed by atoms with van der Waals surface area (Å²) < 4.78 is 5.81. The highest BCUT2D eigenvalue weighted by Crippen LogP contribution is 2.24. The third-order valence-corrected chi connectivity index (χ3v) is 4.30. The summed E-state index contributed by atoms with van der Waals surface area (Å²) in [5, 5.41) is 3.33. The molecule has 1 aliphatic heterocycles. The third-order valence-electron chi connectivity index (χ3n) is 4.30. The van der Waals surface area contributed by atoms with Crippen molar-refractivity contribution in [2.24, 2.45) is 5.92 Å². The predicted molar refractivity (Wildman–Crippen MR) is 72.7 cm³/mol. The number of Topliss-reactive ketones (excluding diaryl/α,β-unsaturated/α-hetero) is 1. The van der Waals surface area contributed by atoms with E-state index in [0.717, 1.165) is 38.8 Å². The van der Waals surface area contributed by atoms with Gasteiger partial charge in [0.05, 0.1) is 12.7 Å². The zero-order chi connectivity index (χ0) is 12.6. The van der Waals surface area contributed by atoms with E-state index >= 15 is 0 Å². The fraction of sp³-hybridized carbons (Fsp3) is 0.933. The lowest BCUT2D eigenvalue weighted by atomic mass is 9.94. The van der Waals surface area contributed by atoms with Crippen LogP contribution in [-0.4, -0.2) is 31.6 Å². The summed E-state index contributed by atoms with van der Waals surface area (Å²) in [4.78, 5) is 12.1. The maximum Gasteiger partial charge on any atom is 0.138 e. The number of rotatable bonds is 5. The van der Waals surface area contributed by atoms with E-state index < -0.39 is 0 Å². The minimum atomic E-state index is 0.337. The summed E-state index contributed by atoms with van der Waals surface area (Å²) in [6.07, 6.45) is 10.6. The van der Waals surface area contributed by atoms with E-state index in [1.807, 2.05) is 0 Å². The molecule has 1 saturated carbocycles. The summed E-state index contributed by atoms with van der Waals surface area (Å²) >= 11 is 0. The van der Waals surface area contributed by atoms with Gasteiger partial charge in [-0.3, -0.25) is 4.79 Å². The van der Waals surface area contributed by atoms with E-state index in [1.54, 1.807) is 0 Å². The monoisotopic (exact) mass is 253 g/mol. The molecule has 0 atom stereocenters. The highest BCUT2D eigenvalue weighted by Gasteiger charge is 2.20. The maximum atomic E-state index is 12.1. The number of nitrogens with one attached hydrogen (secondary N) is 1. The van der Waals surface area contributed by atoms with Gasteiger partial charge in [0.15, 0.2) is 0 Å². The van der Waals surface area contributed by atoms with E-state index in [4.69, 9.17) is 4.74 Å². The van der Waals surface area contributed by atoms with E-state index in [2.05, 4.69) is 5.32 Å². The van der Waals surface area contributed by atoms with Crippen molar-refractivity contribution in [2.45, 2.75) is 63.9 Å². The van der Waals surface area contributed by atoms with Crippen molar-refractivity contribution >= 4 is 5.78 Å². The SMILES string of the molecule is O=C(CCOC1CCNCC1)C1CCCCCC1. The molecule has 0 aromatic rings. The molecule has 0 aromatic heterocycles. The predicted octanol–water partition coefficient (Wildman–Crippen LogP) is 2.68. The molecule has 104 valence electrons. The molecule has 0 aromatic carbocycles. The Morgan fingerprint density at radius 3 is 2.33 bits per heavy atom. The van der Waals surface area contributed by atoms with Gasteiger partial charge in [0.1, 0.15) is 5.78 Å². The lowest BCUT2D eigenvalue weighted by Gasteiger charge is -2.23. The van der Waals surface area contributed by atoms with E-state index in [-0.39, 0.29) is 0 Å². The molecule has 3 heteroatoms. The number of hydrogen-bond donors (Lipinski definition) is 1. The molecular weight excluding hydrogens is 226 g/mol. The molecule has 1 N–H and O–H groups in total. The fourth-order valence-electron chi connectivity index (χ4n) is 3.09. The molecule has 2 rings (SSSR count). The van der Waals surface area contributed by atoms with Gasteiger partial charge < -0.3 is 10.1 Å². The molecule has 1 heterocycles. The first-order chi connectivity index (χ1) is 8.86. The summed E-state index contributed by atoms with van der Waals surface area (Å²) in [7, 11) is 0. The largest absolute Gasteiger partial charge is 0.378 e. The quantitative estimate of drug-likeness (QED) is 0.766. The average molecular weight is 253 g/mol. The Kier molecular flexibility index (Phi) is 6.15. The standard InChI is InChI=1S/C15H27NO2/c17-15(13-5-3-1-2-4-6-13)9-12-18-14-7-10-16-11-8-14/h13-14,16H,1-12H2. The van der Waals surface area contributed by atoms with Crippen molar-refractivity contribution in [1.82, 2.24) is 5.32 Å². The van der Waals surface area contributed by atoms with Crippen molar-refractivity contribution in [1.29, 1.82) is 0 Å². The molecule has 1 aliphatic carbocycles. The first kappa shape index (κ1) is 14.0. The summed E-state index contributed by atoms with van der Waals surface area (Å²) in [5.41, 5.74) is 0. The molecule has 2 aliphatic rings. The van der Waals surface area contributed by atoms with E-state index in [9.17, 15) is 4.79 Å². The van der Waals surface area contributed by atoms with Crippen molar-refractivity contribution in [2.75, 3.05) is 19.7 Å².